The number of nitrogens with one attached hydrogen (secondary N) is 1. The predicted octanol–water partition coefficient (Wildman–Crippen LogP) is 0.886. The number of rotatable bonds is 5. The zero-order chi connectivity index (χ0) is 9.56. The molecule has 0 saturated carbocycles. The summed E-state index contributed by atoms with van der Waals surface area (Å²) in [5.41, 5.74) is 5.37. The van der Waals surface area contributed by atoms with Gasteiger partial charge in [0.15, 0.2) is 0 Å². The molecule has 1 atom stereocenters. The van der Waals surface area contributed by atoms with Crippen molar-refractivity contribution < 1.29 is 4.79 Å². The lowest BCUT2D eigenvalue weighted by atomic mass is 10.1. The van der Waals surface area contributed by atoms with Crippen LogP contribution < -0.4 is 11.1 Å². The van der Waals surface area contributed by atoms with Crippen molar-refractivity contribution in [2.75, 3.05) is 6.54 Å². The van der Waals surface area contributed by atoms with E-state index in [2.05, 4.69) is 19.2 Å². The van der Waals surface area contributed by atoms with Crippen LogP contribution in [0.1, 0.15) is 33.6 Å². The lowest BCUT2D eigenvalue weighted by molar-refractivity contribution is -0.121. The Kier molecular flexibility index (Phi) is 5.72. The lowest BCUT2D eigenvalue weighted by Crippen LogP contribution is -2.38. The summed E-state index contributed by atoms with van der Waals surface area (Å²) in [6.07, 6.45) is 2.19. The molecule has 0 aromatic heterocycles. The smallest absolute Gasteiger partial charge is 0.236 e. The standard InChI is InChI=1S/C9H20N2O/c1-7(2)5-4-6-11-9(12)8(3)10/h7-8H,4-6,10H2,1-3H3,(H,11,12). The van der Waals surface area contributed by atoms with Crippen molar-refractivity contribution in [1.82, 2.24) is 5.32 Å². The molecule has 0 bridgehead atoms. The van der Waals surface area contributed by atoms with Gasteiger partial charge in [0.1, 0.15) is 0 Å². The molecule has 12 heavy (non-hydrogen) atoms. The summed E-state index contributed by atoms with van der Waals surface area (Å²) in [5.74, 6) is 0.649. The molecule has 3 N–H and O–H groups in total. The molecular weight excluding hydrogens is 152 g/mol. The maximum absolute atomic E-state index is 11.0. The van der Waals surface area contributed by atoms with E-state index < -0.39 is 0 Å². The van der Waals surface area contributed by atoms with Gasteiger partial charge in [-0.25, -0.2) is 0 Å². The molecule has 0 saturated heterocycles. The van der Waals surface area contributed by atoms with E-state index in [9.17, 15) is 4.79 Å². The summed E-state index contributed by atoms with van der Waals surface area (Å²) < 4.78 is 0. The van der Waals surface area contributed by atoms with Crippen LogP contribution >= 0.6 is 0 Å². The Balaban J connectivity index is 3.26. The Hall–Kier alpha value is -0.570. The molecule has 0 rings (SSSR count). The molecular formula is C9H20N2O. The molecule has 0 radical (unpaired) electrons. The van der Waals surface area contributed by atoms with Crippen molar-refractivity contribution in [1.29, 1.82) is 0 Å². The second-order valence-electron chi connectivity index (χ2n) is 3.62. The lowest BCUT2D eigenvalue weighted by Gasteiger charge is -2.08. The quantitative estimate of drug-likeness (QED) is 0.605. The second-order valence-corrected chi connectivity index (χ2v) is 3.62. The Morgan fingerprint density at radius 3 is 2.42 bits per heavy atom. The van der Waals surface area contributed by atoms with Gasteiger partial charge in [-0.15, -0.1) is 0 Å². The van der Waals surface area contributed by atoms with Crippen molar-refractivity contribution in [2.24, 2.45) is 11.7 Å². The van der Waals surface area contributed by atoms with E-state index in [0.717, 1.165) is 19.4 Å². The molecule has 3 heteroatoms. The fraction of sp³-hybridized carbons (Fsp3) is 0.889. The zero-order valence-electron chi connectivity index (χ0n) is 8.26. The Morgan fingerprint density at radius 2 is 2.00 bits per heavy atom. The van der Waals surface area contributed by atoms with Gasteiger partial charge < -0.3 is 11.1 Å². The first-order valence-corrected chi connectivity index (χ1v) is 4.57. The van der Waals surface area contributed by atoms with Crippen LogP contribution in [0.2, 0.25) is 0 Å². The van der Waals surface area contributed by atoms with Crippen LogP contribution in [0.3, 0.4) is 0 Å². The van der Waals surface area contributed by atoms with Crippen molar-refractivity contribution >= 4 is 5.91 Å². The van der Waals surface area contributed by atoms with Gasteiger partial charge in [-0.05, 0) is 25.7 Å². The number of hydrogen-bond donors (Lipinski definition) is 2. The van der Waals surface area contributed by atoms with Crippen molar-refractivity contribution in [3.8, 4) is 0 Å². The van der Waals surface area contributed by atoms with Crippen LogP contribution in [0, 0.1) is 5.92 Å². The third-order valence-electron chi connectivity index (χ3n) is 1.67. The highest BCUT2D eigenvalue weighted by Crippen LogP contribution is 2.01. The summed E-state index contributed by atoms with van der Waals surface area (Å²) in [5, 5.41) is 2.77. The average Bonchev–Trinajstić information content (AvgIpc) is 1.97. The number of hydrogen-bond acceptors (Lipinski definition) is 2. The van der Waals surface area contributed by atoms with Gasteiger partial charge in [0.25, 0.3) is 0 Å². The third kappa shape index (κ3) is 6.16. The first kappa shape index (κ1) is 11.4. The minimum Gasteiger partial charge on any atom is -0.355 e. The van der Waals surface area contributed by atoms with E-state index in [4.69, 9.17) is 5.73 Å². The number of carbonyl (C=O) groups excluding carboxylic acids is 1. The van der Waals surface area contributed by atoms with Gasteiger partial charge in [-0.1, -0.05) is 13.8 Å². The third-order valence-corrected chi connectivity index (χ3v) is 1.67. The van der Waals surface area contributed by atoms with Gasteiger partial charge in [-0.2, -0.15) is 0 Å². The molecule has 0 heterocycles. The number of nitrogens with two attached hydrogens (primary N) is 1. The van der Waals surface area contributed by atoms with Crippen LogP contribution in [-0.2, 0) is 4.79 Å². The molecule has 0 aliphatic carbocycles. The van der Waals surface area contributed by atoms with Crippen LogP contribution in [0.15, 0.2) is 0 Å². The number of carbonyl (C=O) groups is 1. The second kappa shape index (κ2) is 6.00. The maximum atomic E-state index is 11.0. The Bertz CT molecular complexity index is 132. The minimum atomic E-state index is -0.385. The topological polar surface area (TPSA) is 55.1 Å². The average molecular weight is 172 g/mol. The molecule has 0 aromatic carbocycles. The summed E-state index contributed by atoms with van der Waals surface area (Å²) in [6.45, 7) is 6.79. The fourth-order valence-electron chi connectivity index (χ4n) is 0.883. The molecule has 0 aliphatic rings. The molecule has 0 spiro atoms. The monoisotopic (exact) mass is 172 g/mol. The van der Waals surface area contributed by atoms with Crippen LogP contribution in [-0.4, -0.2) is 18.5 Å². The molecule has 1 amide bonds. The molecule has 72 valence electrons. The van der Waals surface area contributed by atoms with Crippen molar-refractivity contribution in [3.63, 3.8) is 0 Å². The molecule has 0 fully saturated rings. The Morgan fingerprint density at radius 1 is 1.42 bits per heavy atom. The zero-order valence-corrected chi connectivity index (χ0v) is 8.26. The minimum absolute atomic E-state index is 0.0567. The molecule has 3 nitrogen and oxygen atoms in total. The van der Waals surface area contributed by atoms with E-state index in [1.54, 1.807) is 6.92 Å². The van der Waals surface area contributed by atoms with Crippen LogP contribution in [0.4, 0.5) is 0 Å². The van der Waals surface area contributed by atoms with E-state index in [1.165, 1.54) is 0 Å². The van der Waals surface area contributed by atoms with Crippen LogP contribution in [0.25, 0.3) is 0 Å². The summed E-state index contributed by atoms with van der Waals surface area (Å²) in [6, 6.07) is -0.385. The van der Waals surface area contributed by atoms with Gasteiger partial charge in [0.2, 0.25) is 5.91 Å². The van der Waals surface area contributed by atoms with Crippen molar-refractivity contribution in [2.45, 2.75) is 39.7 Å². The van der Waals surface area contributed by atoms with Crippen LogP contribution in [0.5, 0.6) is 0 Å². The van der Waals surface area contributed by atoms with Crippen molar-refractivity contribution in [3.05, 3.63) is 0 Å². The SMILES string of the molecule is CC(C)CCCNC(=O)C(C)N. The van der Waals surface area contributed by atoms with Gasteiger partial charge in [-0.3, -0.25) is 4.79 Å². The molecule has 0 aliphatic heterocycles. The molecule has 0 aromatic rings. The highest BCUT2D eigenvalue weighted by molar-refractivity contribution is 5.80. The largest absolute Gasteiger partial charge is 0.355 e. The fourth-order valence-corrected chi connectivity index (χ4v) is 0.883. The first-order valence-electron chi connectivity index (χ1n) is 4.57. The number of amides is 1. The van der Waals surface area contributed by atoms with Gasteiger partial charge >= 0.3 is 0 Å². The highest BCUT2D eigenvalue weighted by Gasteiger charge is 2.04. The molecule has 1 unspecified atom stereocenters. The maximum Gasteiger partial charge on any atom is 0.236 e. The van der Waals surface area contributed by atoms with E-state index in [-0.39, 0.29) is 11.9 Å². The Labute approximate surface area is 74.7 Å². The van der Waals surface area contributed by atoms with E-state index >= 15 is 0 Å². The first-order chi connectivity index (χ1) is 5.54. The van der Waals surface area contributed by atoms with E-state index in [0.29, 0.717) is 5.92 Å². The summed E-state index contributed by atoms with van der Waals surface area (Å²) in [4.78, 5) is 11.0. The van der Waals surface area contributed by atoms with E-state index in [1.807, 2.05) is 0 Å². The van der Waals surface area contributed by atoms with Gasteiger partial charge in [0.05, 0.1) is 6.04 Å². The summed E-state index contributed by atoms with van der Waals surface area (Å²) in [7, 11) is 0. The normalized spacial score (nSPS) is 13.1. The predicted molar refractivity (Wildman–Crippen MR) is 50.7 cm³/mol. The summed E-state index contributed by atoms with van der Waals surface area (Å²) >= 11 is 0. The van der Waals surface area contributed by atoms with Gasteiger partial charge in [0, 0.05) is 6.54 Å². The highest BCUT2D eigenvalue weighted by atomic mass is 16.2.